The minimum Gasteiger partial charge on any atom is -0.454 e. The van der Waals surface area contributed by atoms with Gasteiger partial charge in [-0.25, -0.2) is 4.79 Å². The molecule has 0 spiro atoms. The molecule has 1 aromatic rings. The van der Waals surface area contributed by atoms with Crippen molar-refractivity contribution >= 4 is 6.09 Å². The van der Waals surface area contributed by atoms with Crippen LogP contribution in [0.15, 0.2) is 18.2 Å². The molecule has 7 nitrogen and oxygen atoms in total. The SMILES string of the molecule is CCN(C(=O)OCCN1CCCOC1)[C@@H](C)Cc1ccc2c(c1)OCO2. The first-order valence-electron chi connectivity index (χ1n) is 9.29. The van der Waals surface area contributed by atoms with Crippen LogP contribution < -0.4 is 9.47 Å². The largest absolute Gasteiger partial charge is 0.454 e. The Balaban J connectivity index is 1.47. The average Bonchev–Trinajstić information content (AvgIpc) is 3.11. The first-order valence-corrected chi connectivity index (χ1v) is 9.29. The number of carbonyl (C=O) groups excluding carboxylic acids is 1. The van der Waals surface area contributed by atoms with Crippen molar-refractivity contribution < 1.29 is 23.7 Å². The number of carbonyl (C=O) groups is 1. The van der Waals surface area contributed by atoms with Crippen molar-refractivity contribution in [3.8, 4) is 11.5 Å². The zero-order chi connectivity index (χ0) is 18.4. The molecule has 26 heavy (non-hydrogen) atoms. The molecule has 0 radical (unpaired) electrons. The molecule has 1 amide bonds. The van der Waals surface area contributed by atoms with Gasteiger partial charge in [0.1, 0.15) is 6.61 Å². The molecule has 2 aliphatic rings. The molecule has 0 N–H and O–H groups in total. The summed E-state index contributed by atoms with van der Waals surface area (Å²) in [7, 11) is 0. The minimum absolute atomic E-state index is 0.0335. The van der Waals surface area contributed by atoms with Gasteiger partial charge in [0, 0.05) is 32.3 Å². The van der Waals surface area contributed by atoms with E-state index < -0.39 is 0 Å². The number of benzene rings is 1. The molecule has 0 aliphatic carbocycles. The molecule has 1 fully saturated rings. The molecule has 2 heterocycles. The lowest BCUT2D eigenvalue weighted by Gasteiger charge is -2.29. The van der Waals surface area contributed by atoms with Crippen molar-refractivity contribution in [3.63, 3.8) is 0 Å². The van der Waals surface area contributed by atoms with E-state index >= 15 is 0 Å². The number of fused-ring (bicyclic) bond motifs is 1. The lowest BCUT2D eigenvalue weighted by Crippen LogP contribution is -2.41. The predicted molar refractivity (Wildman–Crippen MR) is 96.5 cm³/mol. The molecule has 1 atom stereocenters. The summed E-state index contributed by atoms with van der Waals surface area (Å²) in [6.45, 7) is 8.41. The van der Waals surface area contributed by atoms with Crippen LogP contribution >= 0.6 is 0 Å². The molecule has 1 saturated heterocycles. The summed E-state index contributed by atoms with van der Waals surface area (Å²) in [6.07, 6.45) is 1.50. The maximum absolute atomic E-state index is 12.4. The van der Waals surface area contributed by atoms with Gasteiger partial charge in [0.25, 0.3) is 0 Å². The van der Waals surface area contributed by atoms with Gasteiger partial charge in [-0.15, -0.1) is 0 Å². The van der Waals surface area contributed by atoms with Crippen LogP contribution in [0.2, 0.25) is 0 Å². The van der Waals surface area contributed by atoms with Crippen LogP contribution in [0.3, 0.4) is 0 Å². The van der Waals surface area contributed by atoms with E-state index in [1.807, 2.05) is 32.0 Å². The fourth-order valence-electron chi connectivity index (χ4n) is 3.31. The minimum atomic E-state index is -0.265. The van der Waals surface area contributed by atoms with Crippen LogP contribution in [0.4, 0.5) is 4.79 Å². The van der Waals surface area contributed by atoms with Crippen LogP contribution in [-0.2, 0) is 15.9 Å². The van der Waals surface area contributed by atoms with Crippen molar-refractivity contribution in [2.24, 2.45) is 0 Å². The highest BCUT2D eigenvalue weighted by atomic mass is 16.7. The summed E-state index contributed by atoms with van der Waals surface area (Å²) >= 11 is 0. The van der Waals surface area contributed by atoms with Crippen LogP contribution in [0.25, 0.3) is 0 Å². The zero-order valence-corrected chi connectivity index (χ0v) is 15.6. The van der Waals surface area contributed by atoms with Gasteiger partial charge in [-0.1, -0.05) is 6.07 Å². The van der Waals surface area contributed by atoms with Gasteiger partial charge in [0.05, 0.1) is 6.73 Å². The number of rotatable bonds is 7. The molecule has 0 aromatic heterocycles. The first kappa shape index (κ1) is 18.8. The third-order valence-electron chi connectivity index (χ3n) is 4.75. The van der Waals surface area contributed by atoms with Gasteiger partial charge in [-0.3, -0.25) is 4.90 Å². The van der Waals surface area contributed by atoms with E-state index in [1.165, 1.54) is 0 Å². The Morgan fingerprint density at radius 3 is 2.96 bits per heavy atom. The summed E-state index contributed by atoms with van der Waals surface area (Å²) in [5, 5.41) is 0. The van der Waals surface area contributed by atoms with Crippen LogP contribution in [-0.4, -0.2) is 68.3 Å². The highest BCUT2D eigenvalue weighted by molar-refractivity contribution is 5.68. The fourth-order valence-corrected chi connectivity index (χ4v) is 3.31. The fraction of sp³-hybridized carbons (Fsp3) is 0.632. The lowest BCUT2D eigenvalue weighted by molar-refractivity contribution is -0.0228. The monoisotopic (exact) mass is 364 g/mol. The Labute approximate surface area is 154 Å². The van der Waals surface area contributed by atoms with E-state index in [0.29, 0.717) is 26.4 Å². The molecule has 0 unspecified atom stereocenters. The maximum Gasteiger partial charge on any atom is 0.410 e. The Kier molecular flexibility index (Phi) is 6.57. The van der Waals surface area contributed by atoms with E-state index in [9.17, 15) is 4.79 Å². The van der Waals surface area contributed by atoms with Crippen molar-refractivity contribution in [3.05, 3.63) is 23.8 Å². The molecule has 0 saturated carbocycles. The van der Waals surface area contributed by atoms with Crippen molar-refractivity contribution in [2.45, 2.75) is 32.7 Å². The smallest absolute Gasteiger partial charge is 0.410 e. The van der Waals surface area contributed by atoms with Gasteiger partial charge in [0.15, 0.2) is 11.5 Å². The standard InChI is InChI=1S/C19H28N2O5/c1-3-21(19(22)24-10-8-20-7-4-9-23-13-20)15(2)11-16-5-6-17-18(12-16)26-14-25-17/h5-6,12,15H,3-4,7-11,13-14H2,1-2H3/t15-/m0/s1. The van der Waals surface area contributed by atoms with E-state index in [2.05, 4.69) is 4.90 Å². The maximum atomic E-state index is 12.4. The normalized spacial score (nSPS) is 17.8. The molecule has 2 aliphatic heterocycles. The van der Waals surface area contributed by atoms with Gasteiger partial charge in [-0.2, -0.15) is 0 Å². The number of hydrogen-bond acceptors (Lipinski definition) is 6. The van der Waals surface area contributed by atoms with E-state index in [-0.39, 0.29) is 18.9 Å². The number of hydrogen-bond donors (Lipinski definition) is 0. The number of ether oxygens (including phenoxy) is 4. The summed E-state index contributed by atoms with van der Waals surface area (Å²) in [6, 6.07) is 5.94. The molecule has 144 valence electrons. The van der Waals surface area contributed by atoms with E-state index in [1.54, 1.807) is 4.90 Å². The number of likely N-dealkylation sites (N-methyl/N-ethyl adjacent to an activating group) is 1. The third-order valence-corrected chi connectivity index (χ3v) is 4.75. The highest BCUT2D eigenvalue weighted by Crippen LogP contribution is 2.33. The second-order valence-corrected chi connectivity index (χ2v) is 6.65. The lowest BCUT2D eigenvalue weighted by atomic mass is 10.1. The zero-order valence-electron chi connectivity index (χ0n) is 15.6. The molecule has 0 bridgehead atoms. The summed E-state index contributed by atoms with van der Waals surface area (Å²) in [5.41, 5.74) is 1.11. The predicted octanol–water partition coefficient (Wildman–Crippen LogP) is 2.48. The van der Waals surface area contributed by atoms with Gasteiger partial charge >= 0.3 is 6.09 Å². The van der Waals surface area contributed by atoms with Crippen molar-refractivity contribution in [1.82, 2.24) is 9.80 Å². The second-order valence-electron chi connectivity index (χ2n) is 6.65. The van der Waals surface area contributed by atoms with Gasteiger partial charge < -0.3 is 23.8 Å². The Morgan fingerprint density at radius 1 is 1.35 bits per heavy atom. The molecule has 7 heteroatoms. The van der Waals surface area contributed by atoms with Gasteiger partial charge in [-0.05, 0) is 44.4 Å². The second kappa shape index (κ2) is 9.09. The number of amides is 1. The summed E-state index contributed by atoms with van der Waals surface area (Å²) < 4.78 is 21.6. The topological polar surface area (TPSA) is 60.5 Å². The molecule has 3 rings (SSSR count). The quantitative estimate of drug-likeness (QED) is 0.741. The Morgan fingerprint density at radius 2 is 2.19 bits per heavy atom. The number of nitrogens with zero attached hydrogens (tertiary/aromatic N) is 2. The molecular weight excluding hydrogens is 336 g/mol. The van der Waals surface area contributed by atoms with Crippen molar-refractivity contribution in [1.29, 1.82) is 0 Å². The molecule has 1 aromatic carbocycles. The summed E-state index contributed by atoms with van der Waals surface area (Å²) in [5.74, 6) is 1.54. The van der Waals surface area contributed by atoms with E-state index in [4.69, 9.17) is 18.9 Å². The van der Waals surface area contributed by atoms with Gasteiger partial charge in [0.2, 0.25) is 6.79 Å². The van der Waals surface area contributed by atoms with E-state index in [0.717, 1.165) is 43.1 Å². The van der Waals surface area contributed by atoms with Crippen LogP contribution in [0.1, 0.15) is 25.8 Å². The van der Waals surface area contributed by atoms with Crippen LogP contribution in [0, 0.1) is 0 Å². The van der Waals surface area contributed by atoms with Crippen LogP contribution in [0.5, 0.6) is 11.5 Å². The highest BCUT2D eigenvalue weighted by Gasteiger charge is 2.22. The van der Waals surface area contributed by atoms with Crippen molar-refractivity contribution in [2.75, 3.05) is 46.4 Å². The third kappa shape index (κ3) is 4.80. The summed E-state index contributed by atoms with van der Waals surface area (Å²) in [4.78, 5) is 16.4. The molecular formula is C19H28N2O5. The Hall–Kier alpha value is -1.99. The first-order chi connectivity index (χ1) is 12.7. The Bertz CT molecular complexity index is 604. The average molecular weight is 364 g/mol.